The summed E-state index contributed by atoms with van der Waals surface area (Å²) in [6.07, 6.45) is 3.22. The normalized spacial score (nSPS) is 33.0. The lowest BCUT2D eigenvalue weighted by atomic mass is 9.72. The Morgan fingerprint density at radius 3 is 2.67 bits per heavy atom. The zero-order chi connectivity index (χ0) is 13.3. The topological polar surface area (TPSA) is 59.2 Å². The van der Waals surface area contributed by atoms with E-state index in [9.17, 15) is 5.11 Å². The van der Waals surface area contributed by atoms with Crippen molar-refractivity contribution in [1.82, 2.24) is 10.1 Å². The fraction of sp³-hybridized carbons (Fsp3) is 0.857. The molecule has 0 saturated heterocycles. The van der Waals surface area contributed by atoms with Gasteiger partial charge in [-0.2, -0.15) is 4.98 Å². The maximum Gasteiger partial charge on any atom is 0.229 e. The van der Waals surface area contributed by atoms with Crippen molar-refractivity contribution in [3.63, 3.8) is 0 Å². The highest BCUT2D eigenvalue weighted by atomic mass is 16.5. The van der Waals surface area contributed by atoms with Gasteiger partial charge in [0.25, 0.3) is 0 Å². The van der Waals surface area contributed by atoms with Crippen LogP contribution in [0.15, 0.2) is 4.52 Å². The molecule has 0 radical (unpaired) electrons. The maximum absolute atomic E-state index is 10.6. The van der Waals surface area contributed by atoms with Crippen molar-refractivity contribution in [1.29, 1.82) is 0 Å². The second-order valence-corrected chi connectivity index (χ2v) is 6.30. The van der Waals surface area contributed by atoms with Gasteiger partial charge in [0.05, 0.1) is 12.0 Å². The molecule has 1 aliphatic carbocycles. The molecule has 1 aliphatic rings. The van der Waals surface area contributed by atoms with E-state index >= 15 is 0 Å². The average molecular weight is 252 g/mol. The molecular formula is C14H24N2O2. The van der Waals surface area contributed by atoms with Gasteiger partial charge >= 0.3 is 0 Å². The summed E-state index contributed by atoms with van der Waals surface area (Å²) in [5.74, 6) is 2.81. The SMILES string of the molecule is CC(C)c1noc(C[C@]2(O)CC[C@@H](C)[C@@H](C)C2)n1. The molecule has 1 heterocycles. The second-order valence-electron chi connectivity index (χ2n) is 6.30. The predicted molar refractivity (Wildman–Crippen MR) is 69.2 cm³/mol. The van der Waals surface area contributed by atoms with Crippen LogP contribution in [0.1, 0.15) is 64.6 Å². The maximum atomic E-state index is 10.6. The van der Waals surface area contributed by atoms with Gasteiger partial charge in [0.1, 0.15) is 0 Å². The molecule has 1 saturated carbocycles. The van der Waals surface area contributed by atoms with Crippen LogP contribution in [0.4, 0.5) is 0 Å². The molecule has 0 amide bonds. The molecule has 0 aromatic carbocycles. The first-order valence-electron chi connectivity index (χ1n) is 6.94. The third-order valence-corrected chi connectivity index (χ3v) is 4.22. The van der Waals surface area contributed by atoms with Crippen LogP contribution >= 0.6 is 0 Å². The van der Waals surface area contributed by atoms with E-state index in [0.717, 1.165) is 25.1 Å². The van der Waals surface area contributed by atoms with Crippen molar-refractivity contribution in [2.45, 2.75) is 64.9 Å². The first kappa shape index (κ1) is 13.5. The predicted octanol–water partition coefficient (Wildman–Crippen LogP) is 2.92. The summed E-state index contributed by atoms with van der Waals surface area (Å²) < 4.78 is 5.23. The van der Waals surface area contributed by atoms with Gasteiger partial charge in [0, 0.05) is 5.92 Å². The Morgan fingerprint density at radius 2 is 2.11 bits per heavy atom. The van der Waals surface area contributed by atoms with Crippen LogP contribution in [0, 0.1) is 11.8 Å². The summed E-state index contributed by atoms with van der Waals surface area (Å²) in [7, 11) is 0. The van der Waals surface area contributed by atoms with Crippen LogP contribution in [-0.4, -0.2) is 20.8 Å². The standard InChI is InChI=1S/C14H24N2O2/c1-9(2)13-15-12(18-16-13)8-14(17)6-5-10(3)11(4)7-14/h9-11,17H,5-8H2,1-4H3/t10-,11+,14+/m1/s1. The summed E-state index contributed by atoms with van der Waals surface area (Å²) in [6.45, 7) is 8.54. The van der Waals surface area contributed by atoms with E-state index in [-0.39, 0.29) is 5.92 Å². The Bertz CT molecular complexity index is 402. The molecule has 0 aliphatic heterocycles. The summed E-state index contributed by atoms with van der Waals surface area (Å²) in [6, 6.07) is 0. The second kappa shape index (κ2) is 5.00. The molecule has 1 fully saturated rings. The summed E-state index contributed by atoms with van der Waals surface area (Å²) in [5, 5.41) is 14.6. The van der Waals surface area contributed by atoms with Gasteiger partial charge in [-0.25, -0.2) is 0 Å². The third-order valence-electron chi connectivity index (χ3n) is 4.22. The summed E-state index contributed by atoms with van der Waals surface area (Å²) in [5.41, 5.74) is -0.660. The molecule has 0 spiro atoms. The van der Waals surface area contributed by atoms with Crippen LogP contribution in [0.25, 0.3) is 0 Å². The lowest BCUT2D eigenvalue weighted by Crippen LogP contribution is -2.39. The van der Waals surface area contributed by atoms with Gasteiger partial charge < -0.3 is 9.63 Å². The molecule has 1 aromatic rings. The fourth-order valence-electron chi connectivity index (χ4n) is 2.70. The van der Waals surface area contributed by atoms with E-state index in [1.165, 1.54) is 0 Å². The highest BCUT2D eigenvalue weighted by Gasteiger charge is 2.37. The molecule has 4 nitrogen and oxygen atoms in total. The molecule has 102 valence electrons. The van der Waals surface area contributed by atoms with E-state index in [1.54, 1.807) is 0 Å². The van der Waals surface area contributed by atoms with Gasteiger partial charge in [-0.05, 0) is 31.1 Å². The van der Waals surface area contributed by atoms with Crippen molar-refractivity contribution in [3.8, 4) is 0 Å². The van der Waals surface area contributed by atoms with E-state index in [1.807, 2.05) is 13.8 Å². The number of aliphatic hydroxyl groups is 1. The summed E-state index contributed by atoms with van der Waals surface area (Å²) in [4.78, 5) is 4.36. The van der Waals surface area contributed by atoms with Crippen LogP contribution in [0.2, 0.25) is 0 Å². The minimum atomic E-state index is -0.660. The molecule has 3 atom stereocenters. The van der Waals surface area contributed by atoms with Crippen molar-refractivity contribution >= 4 is 0 Å². The fourth-order valence-corrected chi connectivity index (χ4v) is 2.70. The quantitative estimate of drug-likeness (QED) is 0.898. The highest BCUT2D eigenvalue weighted by molar-refractivity contribution is 4.98. The van der Waals surface area contributed by atoms with Crippen molar-refractivity contribution in [3.05, 3.63) is 11.7 Å². The Morgan fingerprint density at radius 1 is 1.39 bits per heavy atom. The zero-order valence-electron chi connectivity index (χ0n) is 11.8. The smallest absolute Gasteiger partial charge is 0.229 e. The summed E-state index contributed by atoms with van der Waals surface area (Å²) >= 11 is 0. The van der Waals surface area contributed by atoms with Crippen molar-refractivity contribution < 1.29 is 9.63 Å². The average Bonchev–Trinajstić information content (AvgIpc) is 2.72. The zero-order valence-corrected chi connectivity index (χ0v) is 11.8. The van der Waals surface area contributed by atoms with Crippen molar-refractivity contribution in [2.75, 3.05) is 0 Å². The highest BCUT2D eigenvalue weighted by Crippen LogP contribution is 2.37. The van der Waals surface area contributed by atoms with Gasteiger partial charge in [-0.1, -0.05) is 32.9 Å². The number of hydrogen-bond donors (Lipinski definition) is 1. The van der Waals surface area contributed by atoms with Gasteiger partial charge in [-0.15, -0.1) is 0 Å². The van der Waals surface area contributed by atoms with Crippen LogP contribution in [-0.2, 0) is 6.42 Å². The molecule has 2 rings (SSSR count). The first-order chi connectivity index (χ1) is 8.39. The lowest BCUT2D eigenvalue weighted by molar-refractivity contribution is -0.0329. The monoisotopic (exact) mass is 252 g/mol. The number of aromatic nitrogens is 2. The molecule has 1 aromatic heterocycles. The number of hydrogen-bond acceptors (Lipinski definition) is 4. The molecular weight excluding hydrogens is 228 g/mol. The Hall–Kier alpha value is -0.900. The first-order valence-corrected chi connectivity index (χ1v) is 6.94. The van der Waals surface area contributed by atoms with E-state index in [4.69, 9.17) is 4.52 Å². The Labute approximate surface area is 109 Å². The largest absolute Gasteiger partial charge is 0.389 e. The molecule has 0 unspecified atom stereocenters. The Kier molecular flexibility index (Phi) is 3.76. The van der Waals surface area contributed by atoms with E-state index in [0.29, 0.717) is 24.1 Å². The van der Waals surface area contributed by atoms with Crippen LogP contribution in [0.5, 0.6) is 0 Å². The van der Waals surface area contributed by atoms with E-state index in [2.05, 4.69) is 24.0 Å². The van der Waals surface area contributed by atoms with Crippen LogP contribution < -0.4 is 0 Å². The third kappa shape index (κ3) is 2.91. The van der Waals surface area contributed by atoms with Crippen molar-refractivity contribution in [2.24, 2.45) is 11.8 Å². The van der Waals surface area contributed by atoms with Gasteiger partial charge in [0.15, 0.2) is 5.82 Å². The molecule has 1 N–H and O–H groups in total. The lowest BCUT2D eigenvalue weighted by Gasteiger charge is -2.38. The van der Waals surface area contributed by atoms with Gasteiger partial charge in [0.2, 0.25) is 5.89 Å². The minimum absolute atomic E-state index is 0.266. The van der Waals surface area contributed by atoms with Crippen LogP contribution in [0.3, 0.4) is 0 Å². The molecule has 18 heavy (non-hydrogen) atoms. The molecule has 0 bridgehead atoms. The minimum Gasteiger partial charge on any atom is -0.389 e. The number of rotatable bonds is 3. The van der Waals surface area contributed by atoms with Gasteiger partial charge in [-0.3, -0.25) is 0 Å². The van der Waals surface area contributed by atoms with E-state index < -0.39 is 5.60 Å². The number of nitrogens with zero attached hydrogens (tertiary/aromatic N) is 2. The Balaban J connectivity index is 2.03. The molecule has 4 heteroatoms.